The number of halogens is 2. The Hall–Kier alpha value is -1.40. The third kappa shape index (κ3) is 4.82. The smallest absolute Gasteiger partial charge is 0.322 e. The number of ether oxygens (including phenoxy) is 1. The molecule has 0 saturated heterocycles. The topological polar surface area (TPSA) is 59.9 Å². The molecule has 0 bridgehead atoms. The van der Waals surface area contributed by atoms with Crippen molar-refractivity contribution in [3.05, 3.63) is 39.6 Å². The van der Waals surface area contributed by atoms with Crippen LogP contribution in [0.25, 0.3) is 0 Å². The molecule has 0 spiro atoms. The van der Waals surface area contributed by atoms with E-state index in [0.29, 0.717) is 12.6 Å². The molecule has 2 aromatic rings. The molecule has 0 aliphatic rings. The van der Waals surface area contributed by atoms with E-state index in [4.69, 9.17) is 16.3 Å². The van der Waals surface area contributed by atoms with Gasteiger partial charge in [-0.1, -0.05) is 35.0 Å². The molecular formula is C14H16BrClN4O. The number of hydrogen-bond donors (Lipinski definition) is 1. The van der Waals surface area contributed by atoms with Gasteiger partial charge in [-0.05, 0) is 42.6 Å². The van der Waals surface area contributed by atoms with Crippen LogP contribution in [0.5, 0.6) is 6.01 Å². The Balaban J connectivity index is 2.10. The predicted octanol–water partition coefficient (Wildman–Crippen LogP) is 4.25. The second-order valence-corrected chi connectivity index (χ2v) is 5.73. The van der Waals surface area contributed by atoms with Crippen LogP contribution in [-0.2, 0) is 0 Å². The Kier molecular flexibility index (Phi) is 5.76. The van der Waals surface area contributed by atoms with E-state index in [1.165, 1.54) is 0 Å². The van der Waals surface area contributed by atoms with Gasteiger partial charge in [0.15, 0.2) is 0 Å². The lowest BCUT2D eigenvalue weighted by atomic mass is 10.1. The number of aromatic nitrogens is 3. The Bertz CT molecular complexity index is 594. The molecule has 21 heavy (non-hydrogen) atoms. The van der Waals surface area contributed by atoms with Gasteiger partial charge in [-0.3, -0.25) is 0 Å². The van der Waals surface area contributed by atoms with E-state index in [2.05, 4.69) is 36.2 Å². The number of rotatable bonds is 6. The molecule has 1 heterocycles. The molecule has 1 aromatic carbocycles. The van der Waals surface area contributed by atoms with Crippen LogP contribution in [0.4, 0.5) is 5.95 Å². The molecule has 1 N–H and O–H groups in total. The van der Waals surface area contributed by atoms with Gasteiger partial charge in [0.25, 0.3) is 0 Å². The summed E-state index contributed by atoms with van der Waals surface area (Å²) in [6.45, 7) is 4.58. The second-order valence-electron chi connectivity index (χ2n) is 4.48. The van der Waals surface area contributed by atoms with E-state index in [9.17, 15) is 0 Å². The number of nitrogens with one attached hydrogen (secondary N) is 1. The Morgan fingerprint density at radius 3 is 2.62 bits per heavy atom. The van der Waals surface area contributed by atoms with Crippen molar-refractivity contribution in [2.75, 3.05) is 11.9 Å². The van der Waals surface area contributed by atoms with Crippen molar-refractivity contribution in [2.24, 2.45) is 0 Å². The quantitative estimate of drug-likeness (QED) is 0.822. The third-order valence-electron chi connectivity index (χ3n) is 2.74. The molecule has 1 unspecified atom stereocenters. The van der Waals surface area contributed by atoms with Crippen molar-refractivity contribution in [2.45, 2.75) is 26.3 Å². The molecule has 0 amide bonds. The van der Waals surface area contributed by atoms with E-state index < -0.39 is 0 Å². The first-order chi connectivity index (χ1) is 10.1. The first kappa shape index (κ1) is 16.0. The van der Waals surface area contributed by atoms with E-state index in [-0.39, 0.29) is 17.3 Å². The van der Waals surface area contributed by atoms with Crippen LogP contribution in [0.3, 0.4) is 0 Å². The minimum atomic E-state index is 0.0376. The average Bonchev–Trinajstić information content (AvgIpc) is 2.45. The summed E-state index contributed by atoms with van der Waals surface area (Å²) in [6.07, 6.45) is 0.876. The van der Waals surface area contributed by atoms with E-state index in [0.717, 1.165) is 16.5 Å². The molecule has 0 saturated carbocycles. The van der Waals surface area contributed by atoms with E-state index >= 15 is 0 Å². The van der Waals surface area contributed by atoms with Gasteiger partial charge in [0, 0.05) is 4.47 Å². The summed E-state index contributed by atoms with van der Waals surface area (Å²) in [7, 11) is 0. The van der Waals surface area contributed by atoms with Crippen LogP contribution < -0.4 is 10.1 Å². The molecular weight excluding hydrogens is 356 g/mol. The number of anilines is 1. The Morgan fingerprint density at radius 2 is 1.95 bits per heavy atom. The average molecular weight is 372 g/mol. The maximum absolute atomic E-state index is 5.89. The van der Waals surface area contributed by atoms with Crippen LogP contribution in [0.15, 0.2) is 28.7 Å². The largest absolute Gasteiger partial charge is 0.463 e. The molecule has 1 atom stereocenters. The molecule has 7 heteroatoms. The molecule has 0 radical (unpaired) electrons. The van der Waals surface area contributed by atoms with Gasteiger partial charge in [0.1, 0.15) is 0 Å². The lowest BCUT2D eigenvalue weighted by Gasteiger charge is -2.14. The van der Waals surface area contributed by atoms with Crippen molar-refractivity contribution >= 4 is 33.5 Å². The summed E-state index contributed by atoms with van der Waals surface area (Å²) >= 11 is 9.31. The lowest BCUT2D eigenvalue weighted by molar-refractivity contribution is 0.291. The first-order valence-electron chi connectivity index (χ1n) is 6.65. The highest BCUT2D eigenvalue weighted by Crippen LogP contribution is 2.21. The van der Waals surface area contributed by atoms with E-state index in [1.807, 2.05) is 38.1 Å². The minimum absolute atomic E-state index is 0.0376. The second kappa shape index (κ2) is 7.56. The van der Waals surface area contributed by atoms with Gasteiger partial charge in [-0.25, -0.2) is 0 Å². The number of hydrogen-bond acceptors (Lipinski definition) is 5. The zero-order chi connectivity index (χ0) is 15.2. The van der Waals surface area contributed by atoms with Crippen LogP contribution in [0.1, 0.15) is 31.9 Å². The number of nitrogens with zero attached hydrogens (tertiary/aromatic N) is 3. The summed E-state index contributed by atoms with van der Waals surface area (Å²) in [4.78, 5) is 12.2. The molecule has 0 fully saturated rings. The molecule has 0 aliphatic carbocycles. The summed E-state index contributed by atoms with van der Waals surface area (Å²) < 4.78 is 6.43. The fraction of sp³-hybridized carbons (Fsp3) is 0.357. The molecule has 5 nitrogen and oxygen atoms in total. The monoisotopic (exact) mass is 370 g/mol. The summed E-state index contributed by atoms with van der Waals surface area (Å²) in [5, 5.41) is 3.31. The van der Waals surface area contributed by atoms with Crippen molar-refractivity contribution in [1.82, 2.24) is 15.0 Å². The SMILES string of the molecule is CCCOc1nc(Cl)nc(NC(C)c2ccc(Br)cc2)n1. The zero-order valence-corrected chi connectivity index (χ0v) is 14.1. The highest BCUT2D eigenvalue weighted by atomic mass is 79.9. The molecule has 112 valence electrons. The van der Waals surface area contributed by atoms with Gasteiger partial charge in [0.05, 0.1) is 12.6 Å². The Morgan fingerprint density at radius 1 is 1.24 bits per heavy atom. The van der Waals surface area contributed by atoms with Crippen LogP contribution in [0, 0.1) is 0 Å². The Labute approximate surface area is 137 Å². The summed E-state index contributed by atoms with van der Waals surface area (Å²) in [5.74, 6) is 0.400. The fourth-order valence-corrected chi connectivity index (χ4v) is 2.10. The first-order valence-corrected chi connectivity index (χ1v) is 7.82. The van der Waals surface area contributed by atoms with E-state index in [1.54, 1.807) is 0 Å². The minimum Gasteiger partial charge on any atom is -0.463 e. The zero-order valence-electron chi connectivity index (χ0n) is 11.8. The highest BCUT2D eigenvalue weighted by molar-refractivity contribution is 9.10. The van der Waals surface area contributed by atoms with Gasteiger partial charge in [0.2, 0.25) is 11.2 Å². The van der Waals surface area contributed by atoms with Gasteiger partial charge in [-0.2, -0.15) is 15.0 Å². The third-order valence-corrected chi connectivity index (χ3v) is 3.44. The highest BCUT2D eigenvalue weighted by Gasteiger charge is 2.10. The lowest BCUT2D eigenvalue weighted by Crippen LogP contribution is -2.11. The fourth-order valence-electron chi connectivity index (χ4n) is 1.68. The van der Waals surface area contributed by atoms with Crippen molar-refractivity contribution < 1.29 is 4.74 Å². The van der Waals surface area contributed by atoms with Crippen molar-refractivity contribution in [3.63, 3.8) is 0 Å². The normalized spacial score (nSPS) is 12.0. The molecule has 1 aromatic heterocycles. The van der Waals surface area contributed by atoms with Crippen LogP contribution in [0.2, 0.25) is 5.28 Å². The van der Waals surface area contributed by atoms with Gasteiger partial charge >= 0.3 is 6.01 Å². The van der Waals surface area contributed by atoms with Gasteiger partial charge in [-0.15, -0.1) is 0 Å². The van der Waals surface area contributed by atoms with Crippen molar-refractivity contribution in [3.8, 4) is 6.01 Å². The maximum Gasteiger partial charge on any atom is 0.322 e. The van der Waals surface area contributed by atoms with Gasteiger partial charge < -0.3 is 10.1 Å². The predicted molar refractivity (Wildman–Crippen MR) is 86.8 cm³/mol. The maximum atomic E-state index is 5.89. The standard InChI is InChI=1S/C14H16BrClN4O/c1-3-8-21-14-19-12(16)18-13(20-14)17-9(2)10-4-6-11(15)7-5-10/h4-7,9H,3,8H2,1-2H3,(H,17,18,19,20). The molecule has 0 aliphatic heterocycles. The summed E-state index contributed by atoms with van der Waals surface area (Å²) in [5.41, 5.74) is 1.12. The van der Waals surface area contributed by atoms with Crippen LogP contribution >= 0.6 is 27.5 Å². The van der Waals surface area contributed by atoms with Crippen LogP contribution in [-0.4, -0.2) is 21.6 Å². The number of benzene rings is 1. The summed E-state index contributed by atoms with van der Waals surface area (Å²) in [6, 6.07) is 8.31. The van der Waals surface area contributed by atoms with Crippen molar-refractivity contribution in [1.29, 1.82) is 0 Å². The molecule has 2 rings (SSSR count).